The number of fused-ring (bicyclic) bond motifs is 3. The van der Waals surface area contributed by atoms with Crippen molar-refractivity contribution < 1.29 is 33.8 Å². The van der Waals surface area contributed by atoms with Gasteiger partial charge in [0.15, 0.2) is 28.6 Å². The summed E-state index contributed by atoms with van der Waals surface area (Å²) in [4.78, 5) is 52.2. The molecule has 28 heavy (non-hydrogen) atoms. The Labute approximate surface area is 162 Å². The normalized spacial score (nSPS) is 34.5. The number of ketones is 3. The maximum absolute atomic E-state index is 13.4. The van der Waals surface area contributed by atoms with Gasteiger partial charge in [-0.2, -0.15) is 0 Å². The summed E-state index contributed by atoms with van der Waals surface area (Å²) in [5.74, 6) is -5.95. The van der Waals surface area contributed by atoms with E-state index in [-0.39, 0.29) is 31.7 Å². The quantitative estimate of drug-likeness (QED) is 0.773. The van der Waals surface area contributed by atoms with Crippen molar-refractivity contribution in [3.8, 4) is 0 Å². The van der Waals surface area contributed by atoms with Gasteiger partial charge in [0.1, 0.15) is 0 Å². The molecule has 4 atom stereocenters. The summed E-state index contributed by atoms with van der Waals surface area (Å²) in [5.41, 5.74) is -1.41. The number of carbonyl (C=O) groups is 4. The molecule has 1 saturated heterocycles. The van der Waals surface area contributed by atoms with E-state index in [1.165, 1.54) is 0 Å². The Morgan fingerprint density at radius 2 is 1.86 bits per heavy atom. The minimum absolute atomic E-state index is 0.0265. The highest BCUT2D eigenvalue weighted by molar-refractivity contribution is 6.24. The second-order valence-corrected chi connectivity index (χ2v) is 8.20. The van der Waals surface area contributed by atoms with Crippen LogP contribution in [0.2, 0.25) is 0 Å². The number of aliphatic carboxylic acids is 1. The summed E-state index contributed by atoms with van der Waals surface area (Å²) in [6, 6.07) is 6.70. The minimum Gasteiger partial charge on any atom is -0.480 e. The monoisotopic (exact) mass is 386 g/mol. The zero-order chi connectivity index (χ0) is 20.3. The molecule has 0 aromatic heterocycles. The van der Waals surface area contributed by atoms with Crippen molar-refractivity contribution in [3.63, 3.8) is 0 Å². The SMILES string of the molecule is CC1(C)OC[C@H]([C@@H]2[C@H]3CCC(=O)[C@]2(C(=O)O)C(=O)Cc2ccccc2C3=O)O1. The van der Waals surface area contributed by atoms with Crippen LogP contribution in [0.3, 0.4) is 0 Å². The van der Waals surface area contributed by atoms with Gasteiger partial charge in [-0.3, -0.25) is 19.2 Å². The topological polar surface area (TPSA) is 107 Å². The molecule has 148 valence electrons. The number of Topliss-reactive ketones (excluding diaryl/α,β-unsaturated/α-hetero) is 3. The van der Waals surface area contributed by atoms with Crippen molar-refractivity contribution in [1.82, 2.24) is 0 Å². The van der Waals surface area contributed by atoms with E-state index in [2.05, 4.69) is 0 Å². The first-order valence-electron chi connectivity index (χ1n) is 9.42. The molecule has 0 amide bonds. The highest BCUT2D eigenvalue weighted by Crippen LogP contribution is 2.51. The first-order chi connectivity index (χ1) is 13.2. The van der Waals surface area contributed by atoms with Crippen LogP contribution < -0.4 is 0 Å². The van der Waals surface area contributed by atoms with Gasteiger partial charge in [-0.05, 0) is 25.8 Å². The highest BCUT2D eigenvalue weighted by Gasteiger charge is 2.66. The van der Waals surface area contributed by atoms with Crippen molar-refractivity contribution in [3.05, 3.63) is 35.4 Å². The summed E-state index contributed by atoms with van der Waals surface area (Å²) in [6.07, 6.45) is -1.04. The molecular weight excluding hydrogens is 364 g/mol. The fraction of sp³-hybridized carbons (Fsp3) is 0.524. The van der Waals surface area contributed by atoms with Crippen LogP contribution in [0.4, 0.5) is 0 Å². The predicted molar refractivity (Wildman–Crippen MR) is 95.7 cm³/mol. The molecule has 0 unspecified atom stereocenters. The van der Waals surface area contributed by atoms with Crippen LogP contribution in [0.25, 0.3) is 0 Å². The maximum atomic E-state index is 13.4. The lowest BCUT2D eigenvalue weighted by Gasteiger charge is -2.46. The number of hydrogen-bond donors (Lipinski definition) is 1. The van der Waals surface area contributed by atoms with E-state index in [4.69, 9.17) is 9.47 Å². The fourth-order valence-electron chi connectivity index (χ4n) is 5.02. The average molecular weight is 386 g/mol. The zero-order valence-corrected chi connectivity index (χ0v) is 15.8. The first kappa shape index (κ1) is 19.0. The van der Waals surface area contributed by atoms with Crippen LogP contribution in [-0.2, 0) is 30.3 Å². The Bertz CT molecular complexity index is 886. The summed E-state index contributed by atoms with van der Waals surface area (Å²) >= 11 is 0. The molecule has 1 saturated carbocycles. The number of rotatable bonds is 2. The van der Waals surface area contributed by atoms with Gasteiger partial charge in [-0.25, -0.2) is 0 Å². The van der Waals surface area contributed by atoms with Gasteiger partial charge >= 0.3 is 5.97 Å². The highest BCUT2D eigenvalue weighted by atomic mass is 16.7. The van der Waals surface area contributed by atoms with E-state index in [9.17, 15) is 24.3 Å². The molecule has 1 N–H and O–H groups in total. The molecule has 1 aliphatic heterocycles. The lowest BCUT2D eigenvalue weighted by molar-refractivity contribution is -0.182. The molecular formula is C21H22O7. The summed E-state index contributed by atoms with van der Waals surface area (Å²) in [7, 11) is 0. The molecule has 0 spiro atoms. The van der Waals surface area contributed by atoms with E-state index >= 15 is 0 Å². The fourth-order valence-corrected chi connectivity index (χ4v) is 5.02. The molecule has 1 aromatic rings. The van der Waals surface area contributed by atoms with Crippen molar-refractivity contribution in [2.45, 2.75) is 45.0 Å². The molecule has 4 rings (SSSR count). The second kappa shape index (κ2) is 6.32. The predicted octanol–water partition coefficient (Wildman–Crippen LogP) is 1.81. The Kier molecular flexibility index (Phi) is 4.28. The van der Waals surface area contributed by atoms with E-state index in [1.807, 2.05) is 0 Å². The summed E-state index contributed by atoms with van der Waals surface area (Å²) < 4.78 is 11.5. The van der Waals surface area contributed by atoms with Crippen LogP contribution in [-0.4, -0.2) is 46.9 Å². The van der Waals surface area contributed by atoms with Crippen molar-refractivity contribution in [2.24, 2.45) is 17.3 Å². The van der Waals surface area contributed by atoms with E-state index in [0.717, 1.165) is 0 Å². The minimum atomic E-state index is -2.29. The van der Waals surface area contributed by atoms with Gasteiger partial charge < -0.3 is 14.6 Å². The van der Waals surface area contributed by atoms with Crippen molar-refractivity contribution >= 4 is 23.3 Å². The van der Waals surface area contributed by atoms with Gasteiger partial charge in [0.05, 0.1) is 12.7 Å². The Hall–Kier alpha value is -2.38. The lowest BCUT2D eigenvalue weighted by Crippen LogP contribution is -2.62. The maximum Gasteiger partial charge on any atom is 0.325 e. The van der Waals surface area contributed by atoms with E-state index in [0.29, 0.717) is 11.1 Å². The second-order valence-electron chi connectivity index (χ2n) is 8.20. The molecule has 3 aliphatic rings. The van der Waals surface area contributed by atoms with Crippen LogP contribution >= 0.6 is 0 Å². The van der Waals surface area contributed by atoms with Crippen LogP contribution in [0.15, 0.2) is 24.3 Å². The Morgan fingerprint density at radius 3 is 2.50 bits per heavy atom. The Morgan fingerprint density at radius 1 is 1.14 bits per heavy atom. The largest absolute Gasteiger partial charge is 0.480 e. The Balaban J connectivity index is 1.94. The van der Waals surface area contributed by atoms with Crippen molar-refractivity contribution in [2.75, 3.05) is 6.61 Å². The third-order valence-electron chi connectivity index (χ3n) is 6.23. The van der Waals surface area contributed by atoms with Gasteiger partial charge in [0, 0.05) is 30.2 Å². The molecule has 2 fully saturated rings. The van der Waals surface area contributed by atoms with Crippen LogP contribution in [0, 0.1) is 17.3 Å². The average Bonchev–Trinajstić information content (AvgIpc) is 2.99. The summed E-state index contributed by atoms with van der Waals surface area (Å²) in [6.45, 7) is 3.39. The molecule has 7 nitrogen and oxygen atoms in total. The number of hydrogen-bond acceptors (Lipinski definition) is 6. The van der Waals surface area contributed by atoms with Gasteiger partial charge in [-0.15, -0.1) is 0 Å². The summed E-state index contributed by atoms with van der Waals surface area (Å²) in [5, 5.41) is 10.1. The van der Waals surface area contributed by atoms with Gasteiger partial charge in [0.25, 0.3) is 0 Å². The van der Waals surface area contributed by atoms with Crippen molar-refractivity contribution in [1.29, 1.82) is 0 Å². The first-order valence-corrected chi connectivity index (χ1v) is 9.42. The van der Waals surface area contributed by atoms with E-state index in [1.54, 1.807) is 38.1 Å². The zero-order valence-electron chi connectivity index (χ0n) is 15.8. The number of carbonyl (C=O) groups excluding carboxylic acids is 3. The van der Waals surface area contributed by atoms with Crippen LogP contribution in [0.1, 0.15) is 42.6 Å². The molecule has 0 radical (unpaired) electrons. The molecule has 2 bridgehead atoms. The third kappa shape index (κ3) is 2.57. The van der Waals surface area contributed by atoms with Gasteiger partial charge in [0.2, 0.25) is 0 Å². The standard InChI is InChI=1S/C21H22O7/c1-20(2)27-10-14(28-20)17-13-7-8-15(22)21(17,19(25)26)16(23)9-11-5-3-4-6-12(11)18(13)24/h3-6,13-14,17H,7-10H2,1-2H3,(H,25,26)/t13-,14-,17+,21+/m1/s1. The molecule has 1 heterocycles. The number of carboxylic acid groups (broad SMARTS) is 1. The van der Waals surface area contributed by atoms with Gasteiger partial charge in [-0.1, -0.05) is 24.3 Å². The molecule has 1 aromatic carbocycles. The number of ether oxygens (including phenoxy) is 2. The lowest BCUT2D eigenvalue weighted by atomic mass is 9.54. The third-order valence-corrected chi connectivity index (χ3v) is 6.23. The number of benzene rings is 1. The molecule has 7 heteroatoms. The smallest absolute Gasteiger partial charge is 0.325 e. The van der Waals surface area contributed by atoms with E-state index < -0.39 is 46.7 Å². The number of carboxylic acids is 1. The molecule has 2 aliphatic carbocycles. The van der Waals surface area contributed by atoms with Crippen LogP contribution in [0.5, 0.6) is 0 Å².